The molecule has 0 N–H and O–H groups in total. The Morgan fingerprint density at radius 1 is 1.13 bits per heavy atom. The number of pyridine rings is 1. The van der Waals surface area contributed by atoms with E-state index in [2.05, 4.69) is 10.1 Å². The molecule has 1 fully saturated rings. The molecule has 0 bridgehead atoms. The minimum absolute atomic E-state index is 0.178. The summed E-state index contributed by atoms with van der Waals surface area (Å²) in [6.45, 7) is 4.65. The Balaban J connectivity index is 1.62. The lowest BCUT2D eigenvalue weighted by Gasteiger charge is -2.24. The zero-order chi connectivity index (χ0) is 22.0. The third-order valence-electron chi connectivity index (χ3n) is 5.53. The van der Waals surface area contributed by atoms with E-state index in [0.29, 0.717) is 35.4 Å². The number of carbonyl (C=O) groups excluding carboxylic acids is 2. The van der Waals surface area contributed by atoms with Crippen molar-refractivity contribution in [3.63, 3.8) is 0 Å². The number of carbonyl (C=O) groups is 2. The Bertz CT molecular complexity index is 1100. The second kappa shape index (κ2) is 8.83. The quantitative estimate of drug-likeness (QED) is 0.580. The van der Waals surface area contributed by atoms with E-state index in [-0.39, 0.29) is 23.0 Å². The SMILES string of the molecule is Cc1noc2nc(-c3ccc(F)cc3)cc(C(=O)O[C@@H](C)C(=O)N3CCCCCC3)c12. The third-order valence-corrected chi connectivity index (χ3v) is 5.53. The number of hydrogen-bond acceptors (Lipinski definition) is 6. The number of halogens is 1. The molecule has 1 saturated heterocycles. The molecule has 0 aliphatic carbocycles. The number of esters is 1. The number of fused-ring (bicyclic) bond motifs is 1. The maximum Gasteiger partial charge on any atom is 0.339 e. The van der Waals surface area contributed by atoms with Crippen LogP contribution in [0.3, 0.4) is 0 Å². The van der Waals surface area contributed by atoms with E-state index in [0.717, 1.165) is 25.7 Å². The molecule has 162 valence electrons. The van der Waals surface area contributed by atoms with Crippen LogP contribution < -0.4 is 0 Å². The fourth-order valence-electron chi connectivity index (χ4n) is 3.85. The van der Waals surface area contributed by atoms with Gasteiger partial charge in [0, 0.05) is 18.7 Å². The standard InChI is InChI=1S/C23H24FN3O4/c1-14-20-18(23(29)30-15(2)22(28)27-11-5-3-4-6-12-27)13-19(25-21(20)31-26-14)16-7-9-17(24)10-8-16/h7-10,13,15H,3-6,11-12H2,1-2H3/t15-/m0/s1. The number of ether oxygens (including phenoxy) is 1. The van der Waals surface area contributed by atoms with Crippen molar-refractivity contribution in [1.82, 2.24) is 15.0 Å². The Morgan fingerprint density at radius 2 is 1.81 bits per heavy atom. The van der Waals surface area contributed by atoms with Gasteiger partial charge < -0.3 is 14.2 Å². The molecular weight excluding hydrogens is 401 g/mol. The Hall–Kier alpha value is -3.29. The Morgan fingerprint density at radius 3 is 2.48 bits per heavy atom. The topological polar surface area (TPSA) is 85.5 Å². The van der Waals surface area contributed by atoms with Gasteiger partial charge in [0.2, 0.25) is 0 Å². The van der Waals surface area contributed by atoms with Crippen molar-refractivity contribution in [2.75, 3.05) is 13.1 Å². The molecule has 8 heteroatoms. The van der Waals surface area contributed by atoms with Crippen LogP contribution in [-0.4, -0.2) is 46.1 Å². The van der Waals surface area contributed by atoms with Crippen molar-refractivity contribution in [1.29, 1.82) is 0 Å². The molecule has 0 spiro atoms. The number of rotatable bonds is 4. The van der Waals surface area contributed by atoms with Crippen molar-refractivity contribution in [3.8, 4) is 11.3 Å². The van der Waals surface area contributed by atoms with Crippen LogP contribution in [0.4, 0.5) is 4.39 Å². The van der Waals surface area contributed by atoms with Gasteiger partial charge in [0.25, 0.3) is 11.6 Å². The van der Waals surface area contributed by atoms with Gasteiger partial charge in [-0.05, 0) is 57.0 Å². The van der Waals surface area contributed by atoms with Crippen molar-refractivity contribution in [3.05, 3.63) is 47.4 Å². The average molecular weight is 425 g/mol. The molecule has 31 heavy (non-hydrogen) atoms. The number of likely N-dealkylation sites (tertiary alicyclic amines) is 1. The molecule has 3 heterocycles. The van der Waals surface area contributed by atoms with Gasteiger partial charge >= 0.3 is 5.97 Å². The predicted octanol–water partition coefficient (Wildman–Crippen LogP) is 4.29. The summed E-state index contributed by atoms with van der Waals surface area (Å²) in [6.07, 6.45) is 3.21. The molecule has 2 aromatic heterocycles. The normalized spacial score (nSPS) is 15.5. The van der Waals surface area contributed by atoms with Crippen molar-refractivity contribution >= 4 is 23.0 Å². The van der Waals surface area contributed by atoms with Gasteiger partial charge in [-0.2, -0.15) is 0 Å². The van der Waals surface area contributed by atoms with E-state index in [9.17, 15) is 14.0 Å². The van der Waals surface area contributed by atoms with E-state index >= 15 is 0 Å². The largest absolute Gasteiger partial charge is 0.449 e. The van der Waals surface area contributed by atoms with Crippen LogP contribution in [0.5, 0.6) is 0 Å². The van der Waals surface area contributed by atoms with Gasteiger partial charge in [0.15, 0.2) is 6.10 Å². The van der Waals surface area contributed by atoms with E-state index < -0.39 is 12.1 Å². The molecular formula is C23H24FN3O4. The number of benzene rings is 1. The van der Waals surface area contributed by atoms with Gasteiger partial charge in [-0.15, -0.1) is 0 Å². The highest BCUT2D eigenvalue weighted by Gasteiger charge is 2.27. The second-order valence-corrected chi connectivity index (χ2v) is 7.80. The summed E-state index contributed by atoms with van der Waals surface area (Å²) in [7, 11) is 0. The van der Waals surface area contributed by atoms with Crippen molar-refractivity contribution < 1.29 is 23.2 Å². The summed E-state index contributed by atoms with van der Waals surface area (Å²) in [5, 5.41) is 4.34. The molecule has 7 nitrogen and oxygen atoms in total. The lowest BCUT2D eigenvalue weighted by Crippen LogP contribution is -2.40. The molecule has 1 aliphatic heterocycles. The van der Waals surface area contributed by atoms with E-state index in [1.54, 1.807) is 36.9 Å². The van der Waals surface area contributed by atoms with E-state index in [1.165, 1.54) is 12.1 Å². The summed E-state index contributed by atoms with van der Waals surface area (Å²) in [5.74, 6) is -1.22. The molecule has 0 saturated carbocycles. The lowest BCUT2D eigenvalue weighted by molar-refractivity contribution is -0.139. The molecule has 1 amide bonds. The smallest absolute Gasteiger partial charge is 0.339 e. The van der Waals surface area contributed by atoms with E-state index in [4.69, 9.17) is 9.26 Å². The highest BCUT2D eigenvalue weighted by Crippen LogP contribution is 2.28. The van der Waals surface area contributed by atoms with Crippen molar-refractivity contribution in [2.45, 2.75) is 45.6 Å². The second-order valence-electron chi connectivity index (χ2n) is 7.80. The number of amides is 1. The molecule has 0 unspecified atom stereocenters. The highest BCUT2D eigenvalue weighted by molar-refractivity contribution is 6.05. The van der Waals surface area contributed by atoms with Crippen LogP contribution in [-0.2, 0) is 9.53 Å². The first-order chi connectivity index (χ1) is 14.9. The minimum atomic E-state index is -0.914. The Kier molecular flexibility index (Phi) is 5.97. The van der Waals surface area contributed by atoms with Crippen LogP contribution >= 0.6 is 0 Å². The number of aromatic nitrogens is 2. The van der Waals surface area contributed by atoms with Crippen LogP contribution in [0.15, 0.2) is 34.9 Å². The summed E-state index contributed by atoms with van der Waals surface area (Å²) in [6, 6.07) is 7.31. The predicted molar refractivity (Wildman–Crippen MR) is 112 cm³/mol. The van der Waals surface area contributed by atoms with Crippen LogP contribution in [0.2, 0.25) is 0 Å². The first-order valence-electron chi connectivity index (χ1n) is 10.5. The zero-order valence-electron chi connectivity index (χ0n) is 17.6. The summed E-state index contributed by atoms with van der Waals surface area (Å²) >= 11 is 0. The first kappa shape index (κ1) is 21.0. The zero-order valence-corrected chi connectivity index (χ0v) is 17.6. The third kappa shape index (κ3) is 4.42. The van der Waals surface area contributed by atoms with E-state index in [1.807, 2.05) is 0 Å². The fraction of sp³-hybridized carbons (Fsp3) is 0.391. The van der Waals surface area contributed by atoms with Gasteiger partial charge in [-0.25, -0.2) is 14.2 Å². The molecule has 4 rings (SSSR count). The highest BCUT2D eigenvalue weighted by atomic mass is 19.1. The summed E-state index contributed by atoms with van der Waals surface area (Å²) < 4.78 is 24.1. The van der Waals surface area contributed by atoms with Crippen LogP contribution in [0, 0.1) is 12.7 Å². The fourth-order valence-corrected chi connectivity index (χ4v) is 3.85. The maximum atomic E-state index is 13.3. The molecule has 0 radical (unpaired) electrons. The van der Waals surface area contributed by atoms with Crippen molar-refractivity contribution in [2.24, 2.45) is 0 Å². The average Bonchev–Trinajstić information content (AvgIpc) is 2.97. The lowest BCUT2D eigenvalue weighted by atomic mass is 10.1. The van der Waals surface area contributed by atoms with Gasteiger partial charge in [-0.3, -0.25) is 4.79 Å². The van der Waals surface area contributed by atoms with Crippen LogP contribution in [0.25, 0.3) is 22.4 Å². The van der Waals surface area contributed by atoms with Crippen LogP contribution in [0.1, 0.15) is 48.7 Å². The summed E-state index contributed by atoms with van der Waals surface area (Å²) in [4.78, 5) is 32.0. The van der Waals surface area contributed by atoms with Gasteiger partial charge in [0.1, 0.15) is 5.82 Å². The number of hydrogen-bond donors (Lipinski definition) is 0. The van der Waals surface area contributed by atoms with Gasteiger partial charge in [-0.1, -0.05) is 18.0 Å². The van der Waals surface area contributed by atoms with Gasteiger partial charge in [0.05, 0.1) is 22.3 Å². The first-order valence-corrected chi connectivity index (χ1v) is 10.5. The summed E-state index contributed by atoms with van der Waals surface area (Å²) in [5.41, 5.74) is 1.91. The Labute approximate surface area is 179 Å². The maximum absolute atomic E-state index is 13.3. The monoisotopic (exact) mass is 425 g/mol. The molecule has 1 aromatic carbocycles. The minimum Gasteiger partial charge on any atom is -0.449 e. The molecule has 3 aromatic rings. The molecule has 1 atom stereocenters. The number of nitrogens with zero attached hydrogens (tertiary/aromatic N) is 3. The number of aryl methyl sites for hydroxylation is 1. The molecule has 1 aliphatic rings.